The van der Waals surface area contributed by atoms with Crippen molar-refractivity contribution in [3.8, 4) is 11.1 Å². The van der Waals surface area contributed by atoms with Gasteiger partial charge in [-0.15, -0.1) is 0 Å². The number of carbonyl (C=O) groups excluding carboxylic acids is 2. The predicted molar refractivity (Wildman–Crippen MR) is 211 cm³/mol. The van der Waals surface area contributed by atoms with Gasteiger partial charge in [-0.2, -0.15) is 0 Å². The molecule has 3 atom stereocenters. The Morgan fingerprint density at radius 3 is 2.25 bits per heavy atom. The summed E-state index contributed by atoms with van der Waals surface area (Å²) >= 11 is 0. The number of nitrogens with zero attached hydrogens (tertiary/aromatic N) is 3. The zero-order valence-corrected chi connectivity index (χ0v) is 31.4. The number of benzene rings is 4. The number of nitrogens with one attached hydrogen (secondary N) is 2. The van der Waals surface area contributed by atoms with Crippen molar-refractivity contribution in [3.63, 3.8) is 0 Å². The molecule has 2 saturated heterocycles. The molecule has 2 heterocycles. The molecule has 55 heavy (non-hydrogen) atoms. The number of ether oxygens (including phenoxy) is 2. The Morgan fingerprint density at radius 2 is 1.55 bits per heavy atom. The number of rotatable bonds is 16. The monoisotopic (exact) mass is 749 g/mol. The standard InChI is InChI=1S/C43H51N5O7/c1-31(50)44-20-4-2-3-11-42(51)45-28-33-7-5-8-35(25-33)36-9-6-10-37(26-36)43-54-40(27-41(55-43)34-14-12-32(30-49)13-15-34)29-46-21-23-47(24-22-46)38-16-18-39(19-17-38)48(52)53/h5-10,12-19,25-26,40-41,43,49H,2-4,11,20-24,27-30H2,1H3,(H,44,50)(H,45,51). The minimum absolute atomic E-state index is 0.0139. The van der Waals surface area contributed by atoms with Gasteiger partial charge in [-0.3, -0.25) is 24.6 Å². The van der Waals surface area contributed by atoms with Gasteiger partial charge in [0, 0.05) is 89.0 Å². The number of piperazine rings is 1. The van der Waals surface area contributed by atoms with E-state index in [0.29, 0.717) is 25.9 Å². The van der Waals surface area contributed by atoms with Gasteiger partial charge in [-0.25, -0.2) is 0 Å². The lowest BCUT2D eigenvalue weighted by molar-refractivity contribution is -0.384. The highest BCUT2D eigenvalue weighted by Gasteiger charge is 2.34. The van der Waals surface area contributed by atoms with Crippen LogP contribution in [-0.4, -0.2) is 72.1 Å². The van der Waals surface area contributed by atoms with Crippen molar-refractivity contribution in [1.29, 1.82) is 0 Å². The number of hydrogen-bond donors (Lipinski definition) is 3. The average Bonchev–Trinajstić information content (AvgIpc) is 3.21. The van der Waals surface area contributed by atoms with E-state index >= 15 is 0 Å². The Morgan fingerprint density at radius 1 is 0.818 bits per heavy atom. The van der Waals surface area contributed by atoms with E-state index in [0.717, 1.165) is 91.1 Å². The lowest BCUT2D eigenvalue weighted by atomic mass is 9.98. The second-order valence-electron chi connectivity index (χ2n) is 14.3. The molecule has 2 aliphatic rings. The van der Waals surface area contributed by atoms with Crippen molar-refractivity contribution in [2.45, 2.75) is 70.7 Å². The molecule has 2 amide bonds. The van der Waals surface area contributed by atoms with Gasteiger partial charge in [0.15, 0.2) is 6.29 Å². The first-order chi connectivity index (χ1) is 26.7. The van der Waals surface area contributed by atoms with Crippen molar-refractivity contribution in [2.75, 3.05) is 44.2 Å². The molecule has 6 rings (SSSR count). The number of anilines is 1. The van der Waals surface area contributed by atoms with Crippen LogP contribution in [0.5, 0.6) is 0 Å². The Hall–Kier alpha value is -5.14. The lowest BCUT2D eigenvalue weighted by Crippen LogP contribution is -2.49. The molecular weight excluding hydrogens is 699 g/mol. The smallest absolute Gasteiger partial charge is 0.269 e. The molecule has 0 saturated carbocycles. The zero-order valence-electron chi connectivity index (χ0n) is 31.4. The van der Waals surface area contributed by atoms with Crippen LogP contribution in [0.1, 0.15) is 73.7 Å². The Bertz CT molecular complexity index is 1880. The quantitative estimate of drug-likeness (QED) is 0.0670. The molecule has 3 unspecified atom stereocenters. The molecule has 3 N–H and O–H groups in total. The summed E-state index contributed by atoms with van der Waals surface area (Å²) in [6.07, 6.45) is 2.76. The van der Waals surface area contributed by atoms with Gasteiger partial charge >= 0.3 is 0 Å². The highest BCUT2D eigenvalue weighted by Crippen LogP contribution is 2.39. The molecule has 0 aromatic heterocycles. The summed E-state index contributed by atoms with van der Waals surface area (Å²) in [6.45, 7) is 6.59. The highest BCUT2D eigenvalue weighted by molar-refractivity contribution is 5.76. The topological polar surface area (TPSA) is 147 Å². The third-order valence-corrected chi connectivity index (χ3v) is 10.2. The summed E-state index contributed by atoms with van der Waals surface area (Å²) in [5.74, 6) is -0.0202. The summed E-state index contributed by atoms with van der Waals surface area (Å²) < 4.78 is 13.4. The molecule has 0 aliphatic carbocycles. The van der Waals surface area contributed by atoms with Crippen LogP contribution in [0.15, 0.2) is 97.1 Å². The van der Waals surface area contributed by atoms with E-state index in [-0.39, 0.29) is 41.2 Å². The van der Waals surface area contributed by atoms with Gasteiger partial charge in [-0.1, -0.05) is 67.1 Å². The molecule has 2 aliphatic heterocycles. The van der Waals surface area contributed by atoms with Gasteiger partial charge in [0.25, 0.3) is 5.69 Å². The van der Waals surface area contributed by atoms with E-state index in [1.807, 2.05) is 60.7 Å². The first kappa shape index (κ1) is 39.6. The second kappa shape index (κ2) is 19.4. The maximum atomic E-state index is 12.5. The third kappa shape index (κ3) is 11.4. The largest absolute Gasteiger partial charge is 0.392 e. The van der Waals surface area contributed by atoms with Gasteiger partial charge < -0.3 is 30.1 Å². The van der Waals surface area contributed by atoms with Crippen LogP contribution in [0.25, 0.3) is 11.1 Å². The number of nitro benzene ring substituents is 1. The summed E-state index contributed by atoms with van der Waals surface area (Å²) in [5.41, 5.74) is 6.93. The molecule has 0 radical (unpaired) electrons. The van der Waals surface area contributed by atoms with Crippen molar-refractivity contribution in [3.05, 3.63) is 129 Å². The number of nitro groups is 1. The number of hydrogen-bond acceptors (Lipinski definition) is 9. The van der Waals surface area contributed by atoms with Crippen molar-refractivity contribution in [1.82, 2.24) is 15.5 Å². The number of amides is 2. The third-order valence-electron chi connectivity index (χ3n) is 10.2. The molecule has 0 bridgehead atoms. The fraction of sp³-hybridized carbons (Fsp3) is 0.395. The fourth-order valence-corrected chi connectivity index (χ4v) is 7.16. The molecular formula is C43H51N5O7. The lowest BCUT2D eigenvalue weighted by Gasteiger charge is -2.41. The van der Waals surface area contributed by atoms with Gasteiger partial charge in [0.1, 0.15) is 0 Å². The van der Waals surface area contributed by atoms with Crippen LogP contribution in [0.3, 0.4) is 0 Å². The predicted octanol–water partition coefficient (Wildman–Crippen LogP) is 6.43. The normalized spacial score (nSPS) is 18.8. The summed E-state index contributed by atoms with van der Waals surface area (Å²) in [5, 5.41) is 26.5. The van der Waals surface area contributed by atoms with Gasteiger partial charge in [0.2, 0.25) is 11.8 Å². The van der Waals surface area contributed by atoms with Crippen molar-refractivity contribution < 1.29 is 29.1 Å². The van der Waals surface area contributed by atoms with Crippen molar-refractivity contribution >= 4 is 23.2 Å². The van der Waals surface area contributed by atoms with E-state index in [4.69, 9.17) is 9.47 Å². The van der Waals surface area contributed by atoms with Gasteiger partial charge in [0.05, 0.1) is 23.7 Å². The van der Waals surface area contributed by atoms with E-state index in [2.05, 4.69) is 44.7 Å². The number of non-ortho nitro benzene ring substituents is 1. The van der Waals surface area contributed by atoms with Crippen LogP contribution in [0.4, 0.5) is 11.4 Å². The van der Waals surface area contributed by atoms with Crippen LogP contribution < -0.4 is 15.5 Å². The molecule has 12 heteroatoms. The minimum Gasteiger partial charge on any atom is -0.392 e. The number of unbranched alkanes of at least 4 members (excludes halogenated alkanes) is 2. The summed E-state index contributed by atoms with van der Waals surface area (Å²) in [6, 6.07) is 31.1. The number of aliphatic hydroxyl groups excluding tert-OH is 1. The summed E-state index contributed by atoms with van der Waals surface area (Å²) in [4.78, 5) is 38.9. The molecule has 290 valence electrons. The number of carbonyl (C=O) groups is 2. The molecule has 12 nitrogen and oxygen atoms in total. The molecule has 4 aromatic carbocycles. The summed E-state index contributed by atoms with van der Waals surface area (Å²) in [7, 11) is 0. The van der Waals surface area contributed by atoms with E-state index < -0.39 is 6.29 Å². The maximum Gasteiger partial charge on any atom is 0.269 e. The Kier molecular flexibility index (Phi) is 14.0. The molecule has 2 fully saturated rings. The van der Waals surface area contributed by atoms with Crippen LogP contribution in [-0.2, 0) is 32.2 Å². The van der Waals surface area contributed by atoms with E-state index in [1.54, 1.807) is 12.1 Å². The number of aliphatic hydroxyl groups is 1. The SMILES string of the molecule is CC(=O)NCCCCCC(=O)NCc1cccc(-c2cccc(C3OC(CN4CCN(c5ccc([N+](=O)[O-])cc5)CC4)CC(c4ccc(CO)cc4)O3)c2)c1. The first-order valence-electron chi connectivity index (χ1n) is 19.2. The van der Waals surface area contributed by atoms with Crippen LogP contribution >= 0.6 is 0 Å². The van der Waals surface area contributed by atoms with Crippen LogP contribution in [0, 0.1) is 10.1 Å². The van der Waals surface area contributed by atoms with Crippen molar-refractivity contribution in [2.24, 2.45) is 0 Å². The minimum atomic E-state index is -0.594. The van der Waals surface area contributed by atoms with Crippen LogP contribution in [0.2, 0.25) is 0 Å². The Balaban J connectivity index is 1.09. The molecule has 0 spiro atoms. The van der Waals surface area contributed by atoms with Gasteiger partial charge in [-0.05, 0) is 64.9 Å². The second-order valence-corrected chi connectivity index (χ2v) is 14.3. The highest BCUT2D eigenvalue weighted by atomic mass is 16.7. The Labute approximate surface area is 322 Å². The average molecular weight is 750 g/mol. The maximum absolute atomic E-state index is 12.5. The fourth-order valence-electron chi connectivity index (χ4n) is 7.16. The van der Waals surface area contributed by atoms with E-state index in [1.165, 1.54) is 6.92 Å². The molecule has 4 aromatic rings. The zero-order chi connectivity index (χ0) is 38.6. The van der Waals surface area contributed by atoms with E-state index in [9.17, 15) is 24.8 Å². The first-order valence-corrected chi connectivity index (χ1v) is 19.2.